The summed E-state index contributed by atoms with van der Waals surface area (Å²) in [5, 5.41) is 0.953. The Balaban J connectivity index is 3.36. The molecule has 0 aromatic rings. The molecule has 76 valence electrons. The van der Waals surface area contributed by atoms with Gasteiger partial charge in [-0.1, -0.05) is 21.5 Å². The molecule has 0 saturated carbocycles. The van der Waals surface area contributed by atoms with Crippen molar-refractivity contribution in [3.63, 3.8) is 0 Å². The molecule has 0 aliphatic carbocycles. The molecular weight excluding hydrogens is 232 g/mol. The van der Waals surface area contributed by atoms with E-state index >= 15 is 0 Å². The van der Waals surface area contributed by atoms with E-state index in [1.54, 1.807) is 0 Å². The number of carbonyl (C=O) groups is 1. The zero-order chi connectivity index (χ0) is 10.1. The van der Waals surface area contributed by atoms with Crippen LogP contribution in [-0.4, -0.2) is 17.9 Å². The largest absolute Gasteiger partial charge is 0.461 e. The van der Waals surface area contributed by atoms with Crippen molar-refractivity contribution in [2.45, 2.75) is 33.1 Å². The second-order valence-corrected chi connectivity index (χ2v) is 3.90. The lowest BCUT2D eigenvalue weighted by molar-refractivity contribution is -0.142. The maximum atomic E-state index is 11.0. The molecular formula is C10H17BrO2. The predicted molar refractivity (Wildman–Crippen MR) is 58.0 cm³/mol. The number of alkyl halides is 1. The fraction of sp³-hybridized carbons (Fsp3) is 0.700. The van der Waals surface area contributed by atoms with Gasteiger partial charge >= 0.3 is 5.97 Å². The van der Waals surface area contributed by atoms with E-state index in [2.05, 4.69) is 15.9 Å². The Hall–Kier alpha value is -0.310. The number of carbonyl (C=O) groups excluding carboxylic acids is 1. The number of ether oxygens (including phenoxy) is 1. The lowest BCUT2D eigenvalue weighted by atomic mass is 10.2. The van der Waals surface area contributed by atoms with E-state index in [-0.39, 0.29) is 5.97 Å². The normalized spacial score (nSPS) is 9.46. The van der Waals surface area contributed by atoms with E-state index < -0.39 is 0 Å². The van der Waals surface area contributed by atoms with Crippen LogP contribution in [0.2, 0.25) is 0 Å². The molecule has 0 bridgehead atoms. The molecule has 0 amide bonds. The molecule has 0 aliphatic heterocycles. The van der Waals surface area contributed by atoms with E-state index in [1.165, 1.54) is 5.57 Å². The second-order valence-electron chi connectivity index (χ2n) is 3.11. The average molecular weight is 249 g/mol. The molecule has 0 unspecified atom stereocenters. The summed E-state index contributed by atoms with van der Waals surface area (Å²) in [7, 11) is 0. The highest BCUT2D eigenvalue weighted by molar-refractivity contribution is 9.09. The first-order chi connectivity index (χ1) is 6.16. The molecule has 0 aliphatic rings. The summed E-state index contributed by atoms with van der Waals surface area (Å²) in [4.78, 5) is 11.0. The highest BCUT2D eigenvalue weighted by Gasteiger charge is 1.99. The van der Waals surface area contributed by atoms with Gasteiger partial charge < -0.3 is 4.74 Å². The van der Waals surface area contributed by atoms with Gasteiger partial charge in [0.2, 0.25) is 0 Å². The molecule has 0 saturated heterocycles. The molecule has 0 aromatic carbocycles. The summed E-state index contributed by atoms with van der Waals surface area (Å²) in [6, 6.07) is 0. The van der Waals surface area contributed by atoms with Gasteiger partial charge in [-0.2, -0.15) is 0 Å². The monoisotopic (exact) mass is 248 g/mol. The molecule has 2 nitrogen and oxygen atoms in total. The number of rotatable bonds is 6. The van der Waals surface area contributed by atoms with Crippen molar-refractivity contribution in [2.24, 2.45) is 0 Å². The maximum Gasteiger partial charge on any atom is 0.306 e. The average Bonchev–Trinajstić information content (AvgIpc) is 2.04. The summed E-state index contributed by atoms with van der Waals surface area (Å²) < 4.78 is 4.97. The first-order valence-electron chi connectivity index (χ1n) is 4.51. The van der Waals surface area contributed by atoms with E-state index in [4.69, 9.17) is 4.74 Å². The van der Waals surface area contributed by atoms with Gasteiger partial charge in [0.15, 0.2) is 0 Å². The van der Waals surface area contributed by atoms with Gasteiger partial charge in [-0.25, -0.2) is 0 Å². The van der Waals surface area contributed by atoms with Gasteiger partial charge in [0, 0.05) is 11.8 Å². The molecule has 0 spiro atoms. The third kappa shape index (κ3) is 9.61. The summed E-state index contributed by atoms with van der Waals surface area (Å²) in [6.45, 7) is 4.38. The Morgan fingerprint density at radius 1 is 1.38 bits per heavy atom. The van der Waals surface area contributed by atoms with Gasteiger partial charge in [-0.15, -0.1) is 0 Å². The molecule has 0 atom stereocenters. The molecule has 0 aromatic heterocycles. The fourth-order valence-electron chi connectivity index (χ4n) is 0.737. The molecule has 0 radical (unpaired) electrons. The van der Waals surface area contributed by atoms with Gasteiger partial charge in [-0.05, 0) is 32.8 Å². The Kier molecular flexibility index (Phi) is 8.10. The van der Waals surface area contributed by atoms with Crippen LogP contribution in [0.1, 0.15) is 33.1 Å². The van der Waals surface area contributed by atoms with Crippen LogP contribution in [0, 0.1) is 0 Å². The fourth-order valence-corrected chi connectivity index (χ4v) is 1.13. The van der Waals surface area contributed by atoms with Crippen LogP contribution in [0.15, 0.2) is 11.6 Å². The quantitative estimate of drug-likeness (QED) is 0.313. The van der Waals surface area contributed by atoms with Crippen molar-refractivity contribution in [3.8, 4) is 0 Å². The van der Waals surface area contributed by atoms with E-state index in [0.717, 1.165) is 18.2 Å². The standard InChI is InChI=1S/C10H17BrO2/c1-9(2)6-8-13-10(12)5-3-4-7-11/h6H,3-5,7-8H2,1-2H3. The molecule has 0 fully saturated rings. The van der Waals surface area contributed by atoms with Gasteiger partial charge in [0.05, 0.1) is 0 Å². The SMILES string of the molecule is CC(C)=CCOC(=O)CCCCBr. The number of unbranched alkanes of at least 4 members (excludes halogenated alkanes) is 1. The number of hydrogen-bond donors (Lipinski definition) is 0. The summed E-state index contributed by atoms with van der Waals surface area (Å²) >= 11 is 3.31. The maximum absolute atomic E-state index is 11.0. The van der Waals surface area contributed by atoms with Crippen LogP contribution >= 0.6 is 15.9 Å². The van der Waals surface area contributed by atoms with Crippen LogP contribution in [0.5, 0.6) is 0 Å². The van der Waals surface area contributed by atoms with Crippen LogP contribution in [-0.2, 0) is 9.53 Å². The van der Waals surface area contributed by atoms with Gasteiger partial charge in [0.25, 0.3) is 0 Å². The van der Waals surface area contributed by atoms with Crippen LogP contribution < -0.4 is 0 Å². The Morgan fingerprint density at radius 2 is 2.08 bits per heavy atom. The number of esters is 1. The van der Waals surface area contributed by atoms with Crippen molar-refractivity contribution >= 4 is 21.9 Å². The van der Waals surface area contributed by atoms with Gasteiger partial charge in [0.1, 0.15) is 6.61 Å². The predicted octanol–water partition coefficient (Wildman–Crippen LogP) is 3.06. The Labute approximate surface area is 88.5 Å². The molecule has 3 heteroatoms. The highest BCUT2D eigenvalue weighted by Crippen LogP contribution is 2.00. The van der Waals surface area contributed by atoms with Crippen molar-refractivity contribution in [1.29, 1.82) is 0 Å². The van der Waals surface area contributed by atoms with Crippen LogP contribution in [0.25, 0.3) is 0 Å². The molecule has 0 rings (SSSR count). The van der Waals surface area contributed by atoms with E-state index in [9.17, 15) is 4.79 Å². The van der Waals surface area contributed by atoms with Crippen LogP contribution in [0.4, 0.5) is 0 Å². The van der Waals surface area contributed by atoms with E-state index in [1.807, 2.05) is 19.9 Å². The third-order valence-corrected chi connectivity index (χ3v) is 2.06. The zero-order valence-corrected chi connectivity index (χ0v) is 9.89. The molecule has 0 N–H and O–H groups in total. The molecule has 13 heavy (non-hydrogen) atoms. The summed E-state index contributed by atoms with van der Waals surface area (Å²) in [6.07, 6.45) is 4.36. The summed E-state index contributed by atoms with van der Waals surface area (Å²) in [5.41, 5.74) is 1.17. The van der Waals surface area contributed by atoms with Gasteiger partial charge in [-0.3, -0.25) is 4.79 Å². The smallest absolute Gasteiger partial charge is 0.306 e. The number of hydrogen-bond acceptors (Lipinski definition) is 2. The lowest BCUT2D eigenvalue weighted by Crippen LogP contribution is -2.04. The minimum atomic E-state index is -0.0987. The number of allylic oxidation sites excluding steroid dienone is 1. The minimum absolute atomic E-state index is 0.0987. The second kappa shape index (κ2) is 8.30. The number of halogens is 1. The van der Waals surface area contributed by atoms with Crippen LogP contribution in [0.3, 0.4) is 0 Å². The summed E-state index contributed by atoms with van der Waals surface area (Å²) in [5.74, 6) is -0.0987. The lowest BCUT2D eigenvalue weighted by Gasteiger charge is -2.00. The highest BCUT2D eigenvalue weighted by atomic mass is 79.9. The van der Waals surface area contributed by atoms with Crippen molar-refractivity contribution in [3.05, 3.63) is 11.6 Å². The zero-order valence-electron chi connectivity index (χ0n) is 8.31. The third-order valence-electron chi connectivity index (χ3n) is 1.50. The van der Waals surface area contributed by atoms with E-state index in [0.29, 0.717) is 13.0 Å². The van der Waals surface area contributed by atoms with Crippen molar-refractivity contribution in [2.75, 3.05) is 11.9 Å². The first kappa shape index (κ1) is 12.7. The minimum Gasteiger partial charge on any atom is -0.461 e. The topological polar surface area (TPSA) is 26.3 Å². The first-order valence-corrected chi connectivity index (χ1v) is 5.64. The van der Waals surface area contributed by atoms with Crippen molar-refractivity contribution in [1.82, 2.24) is 0 Å². The Bertz CT molecular complexity index is 172. The Morgan fingerprint density at radius 3 is 2.62 bits per heavy atom. The molecule has 0 heterocycles. The van der Waals surface area contributed by atoms with Crippen molar-refractivity contribution < 1.29 is 9.53 Å².